The molecule has 0 bridgehead atoms. The predicted octanol–water partition coefficient (Wildman–Crippen LogP) is 0.955. The molecule has 2 N–H and O–H groups in total. The molecule has 0 spiro atoms. The number of carbonyl (C=O) groups is 1. The first-order valence-corrected chi connectivity index (χ1v) is 4.85. The molecule has 2 unspecified atom stereocenters. The zero-order valence-corrected chi connectivity index (χ0v) is 8.32. The molecule has 0 radical (unpaired) electrons. The minimum atomic E-state index is -0.220. The second-order valence-corrected chi connectivity index (χ2v) is 3.52. The minimum Gasteiger partial charge on any atom is -0.449 e. The van der Waals surface area contributed by atoms with Gasteiger partial charge < -0.3 is 15.4 Å². The fraction of sp³-hybridized carbons (Fsp3) is 0.889. The Morgan fingerprint density at radius 2 is 2.38 bits per heavy atom. The summed E-state index contributed by atoms with van der Waals surface area (Å²) in [6, 6.07) is 0.257. The second-order valence-electron chi connectivity index (χ2n) is 3.52. The van der Waals surface area contributed by atoms with E-state index >= 15 is 0 Å². The van der Waals surface area contributed by atoms with Crippen LogP contribution in [0.1, 0.15) is 26.7 Å². The van der Waals surface area contributed by atoms with E-state index in [0.717, 1.165) is 12.8 Å². The highest BCUT2D eigenvalue weighted by Gasteiger charge is 2.36. The van der Waals surface area contributed by atoms with Crippen molar-refractivity contribution in [1.82, 2.24) is 4.90 Å². The number of hydrogen-bond donors (Lipinski definition) is 1. The number of ether oxygens (including phenoxy) is 1. The number of hydrogen-bond acceptors (Lipinski definition) is 3. The molecule has 0 aromatic rings. The van der Waals surface area contributed by atoms with E-state index in [1.165, 1.54) is 0 Å². The van der Waals surface area contributed by atoms with E-state index in [9.17, 15) is 4.79 Å². The van der Waals surface area contributed by atoms with Gasteiger partial charge >= 0.3 is 6.09 Å². The minimum absolute atomic E-state index is 0.124. The van der Waals surface area contributed by atoms with E-state index in [0.29, 0.717) is 13.2 Å². The molecule has 4 heteroatoms. The number of rotatable bonds is 3. The fourth-order valence-corrected chi connectivity index (χ4v) is 1.27. The Hall–Kier alpha value is -0.770. The third-order valence-electron chi connectivity index (χ3n) is 2.48. The Balaban J connectivity index is 2.17. The van der Waals surface area contributed by atoms with Gasteiger partial charge in [-0.25, -0.2) is 4.79 Å². The van der Waals surface area contributed by atoms with Crippen molar-refractivity contribution in [3.8, 4) is 0 Å². The lowest BCUT2D eigenvalue weighted by Gasteiger charge is -2.43. The van der Waals surface area contributed by atoms with Gasteiger partial charge in [-0.15, -0.1) is 0 Å². The number of likely N-dealkylation sites (tertiary alicyclic amines) is 1. The molecular weight excluding hydrogens is 168 g/mol. The summed E-state index contributed by atoms with van der Waals surface area (Å²) < 4.78 is 5.04. The number of carbonyl (C=O) groups excluding carboxylic acids is 1. The summed E-state index contributed by atoms with van der Waals surface area (Å²) in [6.45, 7) is 5.16. The van der Waals surface area contributed by atoms with Crippen molar-refractivity contribution >= 4 is 6.09 Å². The maximum Gasteiger partial charge on any atom is 0.410 e. The van der Waals surface area contributed by atoms with E-state index in [4.69, 9.17) is 10.5 Å². The van der Waals surface area contributed by atoms with Crippen LogP contribution in [0, 0.1) is 0 Å². The molecule has 4 nitrogen and oxygen atoms in total. The van der Waals surface area contributed by atoms with Crippen molar-refractivity contribution in [3.63, 3.8) is 0 Å². The van der Waals surface area contributed by atoms with Gasteiger partial charge in [0.2, 0.25) is 0 Å². The molecule has 1 aliphatic rings. The average Bonchev–Trinajstić information content (AvgIpc) is 2.13. The Kier molecular flexibility index (Phi) is 3.54. The van der Waals surface area contributed by atoms with Crippen LogP contribution < -0.4 is 5.73 Å². The van der Waals surface area contributed by atoms with Gasteiger partial charge in [-0.2, -0.15) is 0 Å². The third-order valence-corrected chi connectivity index (χ3v) is 2.48. The van der Waals surface area contributed by atoms with Crippen LogP contribution >= 0.6 is 0 Å². The van der Waals surface area contributed by atoms with Crippen molar-refractivity contribution in [2.45, 2.75) is 38.8 Å². The molecule has 0 aromatic heterocycles. The molecular formula is C9H18N2O2. The molecule has 1 heterocycles. The normalized spacial score (nSPS) is 26.8. The number of nitrogens with two attached hydrogens (primary N) is 1. The first-order valence-electron chi connectivity index (χ1n) is 4.85. The van der Waals surface area contributed by atoms with Crippen molar-refractivity contribution in [3.05, 3.63) is 0 Å². The molecule has 0 aromatic carbocycles. The quantitative estimate of drug-likeness (QED) is 0.668. The Morgan fingerprint density at radius 1 is 1.69 bits per heavy atom. The van der Waals surface area contributed by atoms with Crippen LogP contribution in [-0.4, -0.2) is 36.2 Å². The molecule has 13 heavy (non-hydrogen) atoms. The van der Waals surface area contributed by atoms with Gasteiger partial charge in [-0.3, -0.25) is 0 Å². The van der Waals surface area contributed by atoms with Crippen LogP contribution in [-0.2, 0) is 4.74 Å². The lowest BCUT2D eigenvalue weighted by Crippen LogP contribution is -2.64. The highest BCUT2D eigenvalue weighted by atomic mass is 16.6. The first kappa shape index (κ1) is 10.3. The summed E-state index contributed by atoms with van der Waals surface area (Å²) >= 11 is 0. The summed E-state index contributed by atoms with van der Waals surface area (Å²) in [5.41, 5.74) is 5.66. The molecule has 2 atom stereocenters. The van der Waals surface area contributed by atoms with Gasteiger partial charge in [0.05, 0.1) is 6.61 Å². The summed E-state index contributed by atoms with van der Waals surface area (Å²) in [6.07, 6.45) is 1.75. The van der Waals surface area contributed by atoms with Crippen LogP contribution in [0.3, 0.4) is 0 Å². The standard InChI is InChI=1S/C9H18N2O2/c1-3-4-5-13-9(12)11-6-8(10)7(11)2/h7-8H,3-6,10H2,1-2H3. The number of unbranched alkanes of at least 4 members (excludes halogenated alkanes) is 1. The van der Waals surface area contributed by atoms with Gasteiger partial charge in [-0.1, -0.05) is 13.3 Å². The Labute approximate surface area is 79.0 Å². The highest BCUT2D eigenvalue weighted by molar-refractivity contribution is 5.69. The van der Waals surface area contributed by atoms with Crippen LogP contribution in [0.25, 0.3) is 0 Å². The number of nitrogens with zero attached hydrogens (tertiary/aromatic N) is 1. The summed E-state index contributed by atoms with van der Waals surface area (Å²) in [4.78, 5) is 13.0. The van der Waals surface area contributed by atoms with Crippen LogP contribution in [0.4, 0.5) is 4.79 Å². The molecule has 1 amide bonds. The van der Waals surface area contributed by atoms with E-state index in [2.05, 4.69) is 6.92 Å². The lowest BCUT2D eigenvalue weighted by molar-refractivity contribution is 0.0408. The lowest BCUT2D eigenvalue weighted by atomic mass is 10.0. The molecule has 0 saturated carbocycles. The molecule has 1 saturated heterocycles. The highest BCUT2D eigenvalue weighted by Crippen LogP contribution is 2.16. The van der Waals surface area contributed by atoms with Gasteiger partial charge in [0, 0.05) is 18.6 Å². The van der Waals surface area contributed by atoms with Crippen LogP contribution in [0.5, 0.6) is 0 Å². The Bertz CT molecular complexity index is 184. The third kappa shape index (κ3) is 2.34. The smallest absolute Gasteiger partial charge is 0.410 e. The zero-order valence-electron chi connectivity index (χ0n) is 8.32. The maximum absolute atomic E-state index is 11.3. The predicted molar refractivity (Wildman–Crippen MR) is 50.4 cm³/mol. The monoisotopic (exact) mass is 186 g/mol. The van der Waals surface area contributed by atoms with Crippen molar-refractivity contribution in [2.24, 2.45) is 5.73 Å². The van der Waals surface area contributed by atoms with E-state index in [-0.39, 0.29) is 18.2 Å². The van der Waals surface area contributed by atoms with Gasteiger partial charge in [0.25, 0.3) is 0 Å². The average molecular weight is 186 g/mol. The maximum atomic E-state index is 11.3. The largest absolute Gasteiger partial charge is 0.449 e. The van der Waals surface area contributed by atoms with Gasteiger partial charge in [0.15, 0.2) is 0 Å². The van der Waals surface area contributed by atoms with E-state index in [1.807, 2.05) is 6.92 Å². The first-order chi connectivity index (χ1) is 6.16. The zero-order chi connectivity index (χ0) is 9.84. The van der Waals surface area contributed by atoms with Crippen molar-refractivity contribution in [2.75, 3.05) is 13.2 Å². The molecule has 1 fully saturated rings. The fourth-order valence-electron chi connectivity index (χ4n) is 1.27. The SMILES string of the molecule is CCCCOC(=O)N1CC(N)C1C. The molecule has 1 aliphatic heterocycles. The van der Waals surface area contributed by atoms with Gasteiger partial charge in [0.1, 0.15) is 0 Å². The van der Waals surface area contributed by atoms with Gasteiger partial charge in [-0.05, 0) is 13.3 Å². The van der Waals surface area contributed by atoms with Crippen molar-refractivity contribution in [1.29, 1.82) is 0 Å². The van der Waals surface area contributed by atoms with Crippen molar-refractivity contribution < 1.29 is 9.53 Å². The Morgan fingerprint density at radius 3 is 2.85 bits per heavy atom. The summed E-state index contributed by atoms with van der Waals surface area (Å²) in [7, 11) is 0. The van der Waals surface area contributed by atoms with E-state index < -0.39 is 0 Å². The molecule has 1 rings (SSSR count). The van der Waals surface area contributed by atoms with E-state index in [1.54, 1.807) is 4.90 Å². The molecule has 0 aliphatic carbocycles. The number of amides is 1. The topological polar surface area (TPSA) is 55.6 Å². The molecule has 76 valence electrons. The van der Waals surface area contributed by atoms with Crippen LogP contribution in [0.2, 0.25) is 0 Å². The second kappa shape index (κ2) is 4.46. The summed E-state index contributed by atoms with van der Waals surface area (Å²) in [5.74, 6) is 0. The van der Waals surface area contributed by atoms with Crippen LogP contribution in [0.15, 0.2) is 0 Å². The summed E-state index contributed by atoms with van der Waals surface area (Å²) in [5, 5.41) is 0.